The third kappa shape index (κ3) is 4.22. The minimum Gasteiger partial charge on any atom is -0.465 e. The maximum atomic E-state index is 12.7. The Bertz CT molecular complexity index is 466. The zero-order chi connectivity index (χ0) is 15.8. The Morgan fingerprint density at radius 1 is 1.23 bits per heavy atom. The van der Waals surface area contributed by atoms with Crippen LogP contribution in [0.4, 0.5) is 0 Å². The zero-order valence-corrected chi connectivity index (χ0v) is 13.7. The summed E-state index contributed by atoms with van der Waals surface area (Å²) in [6.45, 7) is 4.76. The van der Waals surface area contributed by atoms with Gasteiger partial charge in [-0.1, -0.05) is 23.7 Å². The fourth-order valence-corrected chi connectivity index (χ4v) is 2.83. The second-order valence-corrected chi connectivity index (χ2v) is 5.82. The van der Waals surface area contributed by atoms with Crippen molar-refractivity contribution in [3.05, 3.63) is 34.9 Å². The number of carbonyl (C=O) groups is 1. The van der Waals surface area contributed by atoms with Crippen LogP contribution in [0.25, 0.3) is 0 Å². The number of carbonyl (C=O) groups excluding carboxylic acids is 1. The normalized spacial score (nSPS) is 17.2. The predicted octanol–water partition coefficient (Wildman–Crippen LogP) is 3.36. The van der Waals surface area contributed by atoms with Crippen molar-refractivity contribution in [1.82, 2.24) is 0 Å². The molecule has 1 heterocycles. The molecule has 0 saturated carbocycles. The van der Waals surface area contributed by atoms with Crippen LogP contribution in [0.3, 0.4) is 0 Å². The maximum absolute atomic E-state index is 12.7. The third-order valence-corrected chi connectivity index (χ3v) is 4.26. The minimum atomic E-state index is -0.617. The second-order valence-electron chi connectivity index (χ2n) is 5.39. The van der Waals surface area contributed by atoms with E-state index in [2.05, 4.69) is 0 Å². The number of halogens is 1. The van der Waals surface area contributed by atoms with Crippen LogP contribution in [0, 0.1) is 0 Å². The van der Waals surface area contributed by atoms with E-state index in [-0.39, 0.29) is 5.97 Å². The van der Waals surface area contributed by atoms with E-state index in [4.69, 9.17) is 25.8 Å². The first-order valence-electron chi connectivity index (χ1n) is 7.78. The van der Waals surface area contributed by atoms with Crippen molar-refractivity contribution in [2.45, 2.75) is 31.6 Å². The summed E-state index contributed by atoms with van der Waals surface area (Å²) in [5, 5.41) is 0.663. The van der Waals surface area contributed by atoms with Crippen molar-refractivity contribution in [2.24, 2.45) is 0 Å². The summed E-state index contributed by atoms with van der Waals surface area (Å²) in [5.74, 6) is -0.172. The summed E-state index contributed by atoms with van der Waals surface area (Å²) in [5.41, 5.74) is 0.337. The van der Waals surface area contributed by atoms with E-state index in [1.165, 1.54) is 0 Å². The third-order valence-electron chi connectivity index (χ3n) is 4.00. The van der Waals surface area contributed by atoms with Gasteiger partial charge in [0.05, 0.1) is 12.0 Å². The predicted molar refractivity (Wildman–Crippen MR) is 85.3 cm³/mol. The molecule has 0 unspecified atom stereocenters. The zero-order valence-electron chi connectivity index (χ0n) is 13.0. The number of hydrogen-bond acceptors (Lipinski definition) is 4. The Morgan fingerprint density at radius 2 is 1.91 bits per heavy atom. The van der Waals surface area contributed by atoms with Gasteiger partial charge in [-0.05, 0) is 37.5 Å². The first-order chi connectivity index (χ1) is 10.7. The SMILES string of the molecule is CCOCCCOC(=O)C1(c2ccc(Cl)cc2)CCOCC1. The molecule has 0 aromatic heterocycles. The van der Waals surface area contributed by atoms with Crippen molar-refractivity contribution in [3.8, 4) is 0 Å². The molecular weight excluding hydrogens is 304 g/mol. The van der Waals surface area contributed by atoms with Crippen molar-refractivity contribution < 1.29 is 19.0 Å². The molecule has 2 rings (SSSR count). The van der Waals surface area contributed by atoms with Gasteiger partial charge in [-0.15, -0.1) is 0 Å². The molecule has 1 saturated heterocycles. The summed E-state index contributed by atoms with van der Waals surface area (Å²) < 4.78 is 16.2. The highest BCUT2D eigenvalue weighted by atomic mass is 35.5. The van der Waals surface area contributed by atoms with Crippen LogP contribution >= 0.6 is 11.6 Å². The highest BCUT2D eigenvalue weighted by Crippen LogP contribution is 2.36. The van der Waals surface area contributed by atoms with E-state index >= 15 is 0 Å². The van der Waals surface area contributed by atoms with Crippen LogP contribution in [0.2, 0.25) is 5.02 Å². The lowest BCUT2D eigenvalue weighted by Gasteiger charge is -2.35. The van der Waals surface area contributed by atoms with Crippen molar-refractivity contribution >= 4 is 17.6 Å². The van der Waals surface area contributed by atoms with Gasteiger partial charge in [0.15, 0.2) is 0 Å². The van der Waals surface area contributed by atoms with Crippen LogP contribution in [0.5, 0.6) is 0 Å². The first-order valence-corrected chi connectivity index (χ1v) is 8.15. The smallest absolute Gasteiger partial charge is 0.316 e. The second kappa shape index (κ2) is 8.51. The molecule has 0 radical (unpaired) electrons. The van der Waals surface area contributed by atoms with Gasteiger partial charge in [0, 0.05) is 37.9 Å². The minimum absolute atomic E-state index is 0.172. The largest absolute Gasteiger partial charge is 0.465 e. The molecule has 1 aliphatic rings. The molecule has 0 amide bonds. The molecule has 1 aromatic rings. The molecule has 0 spiro atoms. The van der Waals surface area contributed by atoms with Gasteiger partial charge in [0.1, 0.15) is 0 Å². The van der Waals surface area contributed by atoms with E-state index in [1.807, 2.05) is 31.2 Å². The number of hydrogen-bond donors (Lipinski definition) is 0. The average molecular weight is 327 g/mol. The molecule has 5 heteroatoms. The first kappa shape index (κ1) is 17.3. The molecule has 0 bridgehead atoms. The molecule has 0 aliphatic carbocycles. The van der Waals surface area contributed by atoms with Gasteiger partial charge >= 0.3 is 5.97 Å². The standard InChI is InChI=1S/C17H23ClO4/c1-2-20-10-3-11-22-16(19)17(8-12-21-13-9-17)14-4-6-15(18)7-5-14/h4-7H,2-3,8-13H2,1H3. The van der Waals surface area contributed by atoms with Crippen molar-refractivity contribution in [1.29, 1.82) is 0 Å². The molecule has 0 atom stereocenters. The number of esters is 1. The molecule has 1 aliphatic heterocycles. The van der Waals surface area contributed by atoms with Crippen LogP contribution in [0.15, 0.2) is 24.3 Å². The quantitative estimate of drug-likeness (QED) is 0.569. The molecule has 1 aromatic carbocycles. The Morgan fingerprint density at radius 3 is 2.55 bits per heavy atom. The van der Waals surface area contributed by atoms with Crippen molar-refractivity contribution in [3.63, 3.8) is 0 Å². The molecule has 1 fully saturated rings. The summed E-state index contributed by atoms with van der Waals surface area (Å²) in [4.78, 5) is 12.7. The van der Waals surface area contributed by atoms with E-state index in [9.17, 15) is 4.79 Å². The van der Waals surface area contributed by atoms with Gasteiger partial charge in [0.2, 0.25) is 0 Å². The van der Waals surface area contributed by atoms with E-state index in [0.717, 1.165) is 5.56 Å². The van der Waals surface area contributed by atoms with E-state index < -0.39 is 5.41 Å². The van der Waals surface area contributed by atoms with Gasteiger partial charge in [-0.3, -0.25) is 4.79 Å². The molecular formula is C17H23ClO4. The fraction of sp³-hybridized carbons (Fsp3) is 0.588. The Balaban J connectivity index is 2.05. The summed E-state index contributed by atoms with van der Waals surface area (Å²) in [6, 6.07) is 7.46. The van der Waals surface area contributed by atoms with Crippen molar-refractivity contribution in [2.75, 3.05) is 33.0 Å². The molecule has 0 N–H and O–H groups in total. The summed E-state index contributed by atoms with van der Waals surface area (Å²) in [6.07, 6.45) is 1.99. The Hall–Kier alpha value is -1.10. The summed E-state index contributed by atoms with van der Waals surface area (Å²) in [7, 11) is 0. The van der Waals surface area contributed by atoms with E-state index in [1.54, 1.807) is 0 Å². The number of ether oxygens (including phenoxy) is 3. The number of rotatable bonds is 7. The monoisotopic (exact) mass is 326 g/mol. The lowest BCUT2D eigenvalue weighted by atomic mass is 9.74. The molecule has 4 nitrogen and oxygen atoms in total. The van der Waals surface area contributed by atoms with Crippen LogP contribution in [-0.4, -0.2) is 39.0 Å². The van der Waals surface area contributed by atoms with Gasteiger partial charge in [-0.25, -0.2) is 0 Å². The van der Waals surface area contributed by atoms with Gasteiger partial charge in [0.25, 0.3) is 0 Å². The number of benzene rings is 1. The highest BCUT2D eigenvalue weighted by Gasteiger charge is 2.43. The highest BCUT2D eigenvalue weighted by molar-refractivity contribution is 6.30. The maximum Gasteiger partial charge on any atom is 0.316 e. The van der Waals surface area contributed by atoms with Crippen LogP contribution < -0.4 is 0 Å². The summed E-state index contributed by atoms with van der Waals surface area (Å²) >= 11 is 5.95. The van der Waals surface area contributed by atoms with Gasteiger partial charge in [-0.2, -0.15) is 0 Å². The molecule has 22 heavy (non-hydrogen) atoms. The lowest BCUT2D eigenvalue weighted by molar-refractivity contribution is -0.155. The molecule has 122 valence electrons. The fourth-order valence-electron chi connectivity index (χ4n) is 2.71. The Kier molecular flexibility index (Phi) is 6.68. The lowest BCUT2D eigenvalue weighted by Crippen LogP contribution is -2.42. The van der Waals surface area contributed by atoms with Crippen LogP contribution in [0.1, 0.15) is 31.7 Å². The van der Waals surface area contributed by atoms with Gasteiger partial charge < -0.3 is 14.2 Å². The van der Waals surface area contributed by atoms with Crippen LogP contribution in [-0.2, 0) is 24.4 Å². The topological polar surface area (TPSA) is 44.8 Å². The Labute approximate surface area is 136 Å². The van der Waals surface area contributed by atoms with E-state index in [0.29, 0.717) is 57.3 Å². The average Bonchev–Trinajstić information content (AvgIpc) is 2.55.